The summed E-state index contributed by atoms with van der Waals surface area (Å²) in [4.78, 5) is 36.4. The molecule has 18 heavy (non-hydrogen) atoms. The molecule has 0 unspecified atom stereocenters. The summed E-state index contributed by atoms with van der Waals surface area (Å²) in [6.07, 6.45) is 4.30. The van der Waals surface area contributed by atoms with E-state index < -0.39 is 0 Å². The molecule has 0 spiro atoms. The Morgan fingerprint density at radius 3 is 2.44 bits per heavy atom. The Kier molecular flexibility index (Phi) is 3.96. The predicted molar refractivity (Wildman–Crippen MR) is 66.4 cm³/mol. The molecule has 0 saturated carbocycles. The number of carbonyl (C=O) groups is 1. The number of aromatic amines is 1. The Labute approximate surface area is 104 Å². The molecular weight excluding hydrogens is 234 g/mol. The number of hydrogen-bond acceptors (Lipinski definition) is 3. The van der Waals surface area contributed by atoms with Crippen LogP contribution in [0, 0.1) is 0 Å². The van der Waals surface area contributed by atoms with Crippen LogP contribution in [0.3, 0.4) is 0 Å². The molecule has 0 bridgehead atoms. The van der Waals surface area contributed by atoms with E-state index in [1.807, 2.05) is 0 Å². The SMILES string of the molecule is O=C(Cn1[nH]c(=O)ccc1=O)N1CCCCCC1. The van der Waals surface area contributed by atoms with Crippen LogP contribution in [0.1, 0.15) is 25.7 Å². The number of hydrogen-bond donors (Lipinski definition) is 1. The molecule has 1 amide bonds. The number of carbonyl (C=O) groups excluding carboxylic acids is 1. The Balaban J connectivity index is 2.08. The van der Waals surface area contributed by atoms with Crippen LogP contribution in [0.4, 0.5) is 0 Å². The first-order valence-corrected chi connectivity index (χ1v) is 6.25. The Morgan fingerprint density at radius 2 is 1.78 bits per heavy atom. The van der Waals surface area contributed by atoms with Crippen LogP contribution in [0.5, 0.6) is 0 Å². The lowest BCUT2D eigenvalue weighted by molar-refractivity contribution is -0.132. The van der Waals surface area contributed by atoms with E-state index in [0.29, 0.717) is 0 Å². The topological polar surface area (TPSA) is 75.2 Å². The van der Waals surface area contributed by atoms with Crippen molar-refractivity contribution in [2.45, 2.75) is 32.2 Å². The fourth-order valence-electron chi connectivity index (χ4n) is 2.14. The Morgan fingerprint density at radius 1 is 1.11 bits per heavy atom. The molecule has 2 rings (SSSR count). The van der Waals surface area contributed by atoms with Gasteiger partial charge in [-0.2, -0.15) is 0 Å². The zero-order valence-corrected chi connectivity index (χ0v) is 10.2. The van der Waals surface area contributed by atoms with E-state index in [4.69, 9.17) is 0 Å². The van der Waals surface area contributed by atoms with Crippen molar-refractivity contribution in [2.75, 3.05) is 13.1 Å². The number of nitrogens with one attached hydrogen (secondary N) is 1. The van der Waals surface area contributed by atoms with Crippen molar-refractivity contribution in [1.29, 1.82) is 0 Å². The molecule has 0 aliphatic carbocycles. The molecule has 1 aromatic heterocycles. The minimum atomic E-state index is -0.377. The standard InChI is InChI=1S/C12H17N3O3/c16-10-5-6-11(17)15(13-10)9-12(18)14-7-3-1-2-4-8-14/h5-6H,1-4,7-9H2,(H,13,16). The van der Waals surface area contributed by atoms with Gasteiger partial charge in [-0.25, -0.2) is 4.68 Å². The highest BCUT2D eigenvalue weighted by atomic mass is 16.2. The van der Waals surface area contributed by atoms with Crippen LogP contribution in [0.15, 0.2) is 21.7 Å². The molecular formula is C12H17N3O3. The quantitative estimate of drug-likeness (QED) is 0.800. The number of rotatable bonds is 2. The molecule has 0 atom stereocenters. The molecule has 0 radical (unpaired) electrons. The summed E-state index contributed by atoms with van der Waals surface area (Å²) >= 11 is 0. The second-order valence-electron chi connectivity index (χ2n) is 4.53. The van der Waals surface area contributed by atoms with Crippen LogP contribution in [0.25, 0.3) is 0 Å². The third-order valence-corrected chi connectivity index (χ3v) is 3.14. The van der Waals surface area contributed by atoms with E-state index in [2.05, 4.69) is 5.10 Å². The second-order valence-corrected chi connectivity index (χ2v) is 4.53. The van der Waals surface area contributed by atoms with E-state index in [1.54, 1.807) is 4.90 Å². The number of amides is 1. The fourth-order valence-corrected chi connectivity index (χ4v) is 2.14. The van der Waals surface area contributed by atoms with Gasteiger partial charge in [-0.1, -0.05) is 12.8 Å². The van der Waals surface area contributed by atoms with Crippen LogP contribution in [0.2, 0.25) is 0 Å². The van der Waals surface area contributed by atoms with Crippen molar-refractivity contribution < 1.29 is 4.79 Å². The summed E-state index contributed by atoms with van der Waals surface area (Å²) in [6.45, 7) is 1.39. The monoisotopic (exact) mass is 251 g/mol. The Hall–Kier alpha value is -1.85. The normalized spacial score (nSPS) is 16.3. The number of H-pyrrole nitrogens is 1. The Bertz CT molecular complexity index is 524. The molecule has 1 fully saturated rings. The summed E-state index contributed by atoms with van der Waals surface area (Å²) in [5.41, 5.74) is -0.740. The van der Waals surface area contributed by atoms with Gasteiger partial charge in [0.25, 0.3) is 11.1 Å². The van der Waals surface area contributed by atoms with Crippen molar-refractivity contribution >= 4 is 5.91 Å². The summed E-state index contributed by atoms with van der Waals surface area (Å²) in [5.74, 6) is -0.110. The zero-order valence-electron chi connectivity index (χ0n) is 10.2. The van der Waals surface area contributed by atoms with Crippen molar-refractivity contribution in [3.05, 3.63) is 32.8 Å². The smallest absolute Gasteiger partial charge is 0.265 e. The molecule has 6 nitrogen and oxygen atoms in total. The summed E-state index contributed by atoms with van der Waals surface area (Å²) in [5, 5.41) is 2.36. The molecule has 1 aromatic rings. The molecule has 98 valence electrons. The molecule has 1 aliphatic rings. The van der Waals surface area contributed by atoms with E-state index in [9.17, 15) is 14.4 Å². The first-order valence-electron chi connectivity index (χ1n) is 6.25. The van der Waals surface area contributed by atoms with Gasteiger partial charge in [0.05, 0.1) is 0 Å². The molecule has 1 saturated heterocycles. The summed E-state index contributed by atoms with van der Waals surface area (Å²) in [6, 6.07) is 2.34. The van der Waals surface area contributed by atoms with Crippen LogP contribution in [-0.2, 0) is 11.3 Å². The van der Waals surface area contributed by atoms with Gasteiger partial charge in [-0.15, -0.1) is 0 Å². The fraction of sp³-hybridized carbons (Fsp3) is 0.583. The van der Waals surface area contributed by atoms with Crippen LogP contribution >= 0.6 is 0 Å². The van der Waals surface area contributed by atoms with Gasteiger partial charge < -0.3 is 4.90 Å². The second kappa shape index (κ2) is 5.66. The molecule has 1 N–H and O–H groups in total. The van der Waals surface area contributed by atoms with E-state index in [1.165, 1.54) is 6.07 Å². The van der Waals surface area contributed by atoms with Gasteiger partial charge in [0, 0.05) is 25.2 Å². The van der Waals surface area contributed by atoms with Gasteiger partial charge in [-0.3, -0.25) is 19.5 Å². The van der Waals surface area contributed by atoms with Gasteiger partial charge >= 0.3 is 0 Å². The predicted octanol–water partition coefficient (Wildman–Crippen LogP) is -0.0608. The maximum atomic E-state index is 12.0. The van der Waals surface area contributed by atoms with Crippen LogP contribution < -0.4 is 11.1 Å². The third-order valence-electron chi connectivity index (χ3n) is 3.14. The lowest BCUT2D eigenvalue weighted by Gasteiger charge is -2.20. The molecule has 2 heterocycles. The number of nitrogens with zero attached hydrogens (tertiary/aromatic N) is 2. The van der Waals surface area contributed by atoms with E-state index in [0.717, 1.165) is 49.5 Å². The maximum absolute atomic E-state index is 12.0. The average molecular weight is 251 g/mol. The van der Waals surface area contributed by atoms with Crippen molar-refractivity contribution in [3.63, 3.8) is 0 Å². The van der Waals surface area contributed by atoms with Crippen molar-refractivity contribution in [1.82, 2.24) is 14.7 Å². The van der Waals surface area contributed by atoms with Gasteiger partial charge in [-0.05, 0) is 12.8 Å². The van der Waals surface area contributed by atoms with Gasteiger partial charge in [0.15, 0.2) is 0 Å². The maximum Gasteiger partial charge on any atom is 0.265 e. The molecule has 1 aliphatic heterocycles. The van der Waals surface area contributed by atoms with Crippen molar-refractivity contribution in [2.24, 2.45) is 0 Å². The highest BCUT2D eigenvalue weighted by molar-refractivity contribution is 5.75. The lowest BCUT2D eigenvalue weighted by Crippen LogP contribution is -2.39. The average Bonchev–Trinajstić information content (AvgIpc) is 2.62. The summed E-state index contributed by atoms with van der Waals surface area (Å²) in [7, 11) is 0. The van der Waals surface area contributed by atoms with Crippen molar-refractivity contribution in [3.8, 4) is 0 Å². The van der Waals surface area contributed by atoms with E-state index >= 15 is 0 Å². The van der Waals surface area contributed by atoms with E-state index in [-0.39, 0.29) is 23.6 Å². The first-order chi connectivity index (χ1) is 8.66. The summed E-state index contributed by atoms with van der Waals surface area (Å²) < 4.78 is 1.07. The highest BCUT2D eigenvalue weighted by Gasteiger charge is 2.16. The lowest BCUT2D eigenvalue weighted by atomic mass is 10.2. The number of likely N-dealkylation sites (tertiary alicyclic amines) is 1. The largest absolute Gasteiger partial charge is 0.341 e. The minimum absolute atomic E-state index is 0.0884. The number of aromatic nitrogens is 2. The first kappa shape index (κ1) is 12.6. The van der Waals surface area contributed by atoms with Gasteiger partial charge in [0.1, 0.15) is 6.54 Å². The molecule has 6 heteroatoms. The van der Waals surface area contributed by atoms with Crippen LogP contribution in [-0.4, -0.2) is 33.7 Å². The zero-order chi connectivity index (χ0) is 13.0. The third kappa shape index (κ3) is 3.09. The highest BCUT2D eigenvalue weighted by Crippen LogP contribution is 2.09. The van der Waals surface area contributed by atoms with Gasteiger partial charge in [0.2, 0.25) is 5.91 Å². The minimum Gasteiger partial charge on any atom is -0.341 e. The molecule has 0 aromatic carbocycles.